The van der Waals surface area contributed by atoms with Crippen molar-refractivity contribution in [3.05, 3.63) is 46.4 Å². The second-order valence-electron chi connectivity index (χ2n) is 5.88. The lowest BCUT2D eigenvalue weighted by Crippen LogP contribution is -2.12. The molecule has 1 heteroatoms. The quantitative estimate of drug-likeness (QED) is 0.611. The van der Waals surface area contributed by atoms with E-state index in [0.717, 1.165) is 16.3 Å². The van der Waals surface area contributed by atoms with Crippen molar-refractivity contribution in [2.75, 3.05) is 0 Å². The van der Waals surface area contributed by atoms with Gasteiger partial charge in [-0.2, -0.15) is 0 Å². The summed E-state index contributed by atoms with van der Waals surface area (Å²) in [7, 11) is 0. The fraction of sp³-hybridized carbons (Fsp3) is 0.444. The number of halogens is 1. The van der Waals surface area contributed by atoms with Crippen LogP contribution in [-0.2, 0) is 0 Å². The van der Waals surface area contributed by atoms with Gasteiger partial charge in [0.05, 0.1) is 0 Å². The van der Waals surface area contributed by atoms with E-state index in [1.54, 1.807) is 5.56 Å². The Balaban J connectivity index is 1.84. The van der Waals surface area contributed by atoms with E-state index in [9.17, 15) is 0 Å². The third-order valence-corrected chi connectivity index (χ3v) is 5.22. The molecule has 0 nitrogen and oxygen atoms in total. The van der Waals surface area contributed by atoms with Crippen LogP contribution in [0, 0.1) is 5.92 Å². The molecule has 0 N–H and O–H groups in total. The molecule has 3 rings (SSSR count). The van der Waals surface area contributed by atoms with Crippen LogP contribution in [0.3, 0.4) is 0 Å². The monoisotopic (exact) mass is 316 g/mol. The average molecular weight is 317 g/mol. The van der Waals surface area contributed by atoms with Gasteiger partial charge in [0.1, 0.15) is 0 Å². The minimum atomic E-state index is 0.788. The number of hydrogen-bond acceptors (Lipinski definition) is 0. The average Bonchev–Trinajstić information content (AvgIpc) is 2.47. The number of hydrogen-bond donors (Lipinski definition) is 0. The van der Waals surface area contributed by atoms with Gasteiger partial charge in [-0.25, -0.2) is 0 Å². The summed E-state index contributed by atoms with van der Waals surface area (Å²) in [5.74, 6) is 1.77. The lowest BCUT2D eigenvalue weighted by atomic mass is 9.77. The first-order valence-corrected chi connectivity index (χ1v) is 8.25. The van der Waals surface area contributed by atoms with Crippen LogP contribution in [-0.4, -0.2) is 0 Å². The normalized spacial score (nSPS) is 23.7. The largest absolute Gasteiger partial charge is 0.0651 e. The molecule has 1 saturated carbocycles. The molecule has 0 unspecified atom stereocenters. The van der Waals surface area contributed by atoms with Crippen molar-refractivity contribution in [3.8, 4) is 0 Å². The van der Waals surface area contributed by atoms with Crippen molar-refractivity contribution in [2.24, 2.45) is 5.92 Å². The van der Waals surface area contributed by atoms with E-state index in [0.29, 0.717) is 0 Å². The topological polar surface area (TPSA) is 0 Å². The van der Waals surface area contributed by atoms with Crippen LogP contribution in [0.1, 0.15) is 50.5 Å². The highest BCUT2D eigenvalue weighted by Gasteiger charge is 2.21. The van der Waals surface area contributed by atoms with Crippen LogP contribution in [0.5, 0.6) is 0 Å². The Kier molecular flexibility index (Phi) is 3.93. The maximum Gasteiger partial charge on any atom is 0.0181 e. The third kappa shape index (κ3) is 2.86. The predicted molar refractivity (Wildman–Crippen MR) is 86.6 cm³/mol. The van der Waals surface area contributed by atoms with Crippen molar-refractivity contribution in [1.82, 2.24) is 0 Å². The lowest BCUT2D eigenvalue weighted by molar-refractivity contribution is 0.319. The molecule has 0 amide bonds. The zero-order chi connectivity index (χ0) is 13.2. The Labute approximate surface area is 124 Å². The van der Waals surface area contributed by atoms with E-state index in [1.807, 2.05) is 0 Å². The van der Waals surface area contributed by atoms with Gasteiger partial charge >= 0.3 is 0 Å². The second-order valence-corrected chi connectivity index (χ2v) is 6.79. The molecule has 2 aromatic rings. The summed E-state index contributed by atoms with van der Waals surface area (Å²) in [5, 5.41) is 2.71. The highest BCUT2D eigenvalue weighted by Crippen LogP contribution is 2.37. The van der Waals surface area contributed by atoms with Crippen molar-refractivity contribution in [2.45, 2.75) is 44.9 Å². The van der Waals surface area contributed by atoms with Gasteiger partial charge in [0.15, 0.2) is 0 Å². The van der Waals surface area contributed by atoms with Gasteiger partial charge in [-0.05, 0) is 66.0 Å². The molecule has 0 aliphatic heterocycles. The molecule has 0 heterocycles. The molecule has 100 valence electrons. The molecule has 0 bridgehead atoms. The Morgan fingerprint density at radius 2 is 1.63 bits per heavy atom. The molecule has 0 radical (unpaired) electrons. The van der Waals surface area contributed by atoms with Crippen LogP contribution < -0.4 is 0 Å². The lowest BCUT2D eigenvalue weighted by Gasteiger charge is -2.28. The minimum Gasteiger partial charge on any atom is -0.0651 e. The minimum absolute atomic E-state index is 0.788. The summed E-state index contributed by atoms with van der Waals surface area (Å²) in [6, 6.07) is 13.6. The molecule has 0 aromatic heterocycles. The van der Waals surface area contributed by atoms with E-state index in [2.05, 4.69) is 59.3 Å². The molecular formula is C18H21Br. The maximum atomic E-state index is 3.54. The fourth-order valence-electron chi connectivity index (χ4n) is 3.39. The highest BCUT2D eigenvalue weighted by molar-refractivity contribution is 9.10. The molecule has 0 saturated heterocycles. The van der Waals surface area contributed by atoms with Crippen LogP contribution in [0.15, 0.2) is 40.9 Å². The van der Waals surface area contributed by atoms with Gasteiger partial charge in [0.2, 0.25) is 0 Å². The van der Waals surface area contributed by atoms with E-state index >= 15 is 0 Å². The zero-order valence-electron chi connectivity index (χ0n) is 11.5. The summed E-state index contributed by atoms with van der Waals surface area (Å²) >= 11 is 3.54. The Bertz CT molecular complexity index is 565. The summed E-state index contributed by atoms with van der Waals surface area (Å²) in [6.07, 6.45) is 6.94. The molecule has 1 aliphatic carbocycles. The highest BCUT2D eigenvalue weighted by atomic mass is 79.9. The van der Waals surface area contributed by atoms with Gasteiger partial charge in [-0.3, -0.25) is 0 Å². The van der Waals surface area contributed by atoms with Crippen molar-refractivity contribution < 1.29 is 0 Å². The predicted octanol–water partition coefficient (Wildman–Crippen LogP) is 6.29. The number of benzene rings is 2. The van der Waals surface area contributed by atoms with Crippen LogP contribution >= 0.6 is 15.9 Å². The van der Waals surface area contributed by atoms with Gasteiger partial charge in [-0.1, -0.05) is 53.5 Å². The first-order chi connectivity index (χ1) is 9.26. The zero-order valence-corrected chi connectivity index (χ0v) is 13.1. The molecule has 2 aromatic carbocycles. The van der Waals surface area contributed by atoms with Gasteiger partial charge in [0, 0.05) is 4.47 Å². The standard InChI is InChI=1S/C18H21Br/c1-2-13-3-5-14(6-4-13)15-7-8-17-12-18(19)10-9-16(17)11-15/h7-14H,2-6H2,1H3. The van der Waals surface area contributed by atoms with Gasteiger partial charge < -0.3 is 0 Å². The van der Waals surface area contributed by atoms with Gasteiger partial charge in [0.25, 0.3) is 0 Å². The summed E-state index contributed by atoms with van der Waals surface area (Å²) < 4.78 is 1.16. The summed E-state index contributed by atoms with van der Waals surface area (Å²) in [5.41, 5.74) is 1.55. The first kappa shape index (κ1) is 13.2. The molecule has 19 heavy (non-hydrogen) atoms. The molecular weight excluding hydrogens is 296 g/mol. The van der Waals surface area contributed by atoms with E-state index in [-0.39, 0.29) is 0 Å². The first-order valence-electron chi connectivity index (χ1n) is 7.45. The van der Waals surface area contributed by atoms with Crippen LogP contribution in [0.4, 0.5) is 0 Å². The molecule has 0 atom stereocenters. The number of fused-ring (bicyclic) bond motifs is 1. The smallest absolute Gasteiger partial charge is 0.0181 e. The van der Waals surface area contributed by atoms with E-state index < -0.39 is 0 Å². The molecule has 1 fully saturated rings. The fourth-order valence-corrected chi connectivity index (χ4v) is 3.77. The van der Waals surface area contributed by atoms with Crippen molar-refractivity contribution in [1.29, 1.82) is 0 Å². The Morgan fingerprint density at radius 1 is 0.947 bits per heavy atom. The van der Waals surface area contributed by atoms with Crippen molar-refractivity contribution in [3.63, 3.8) is 0 Å². The SMILES string of the molecule is CCC1CCC(c2ccc3cc(Br)ccc3c2)CC1. The maximum absolute atomic E-state index is 3.54. The second kappa shape index (κ2) is 5.66. The van der Waals surface area contributed by atoms with Crippen LogP contribution in [0.25, 0.3) is 10.8 Å². The van der Waals surface area contributed by atoms with E-state index in [4.69, 9.17) is 0 Å². The summed E-state index contributed by atoms with van der Waals surface area (Å²) in [4.78, 5) is 0. The number of rotatable bonds is 2. The van der Waals surface area contributed by atoms with Crippen molar-refractivity contribution >= 4 is 26.7 Å². The molecule has 0 spiro atoms. The third-order valence-electron chi connectivity index (χ3n) is 4.72. The Morgan fingerprint density at radius 3 is 2.37 bits per heavy atom. The van der Waals surface area contributed by atoms with Crippen LogP contribution in [0.2, 0.25) is 0 Å². The Hall–Kier alpha value is -0.820. The summed E-state index contributed by atoms with van der Waals surface area (Å²) in [6.45, 7) is 2.33. The van der Waals surface area contributed by atoms with Gasteiger partial charge in [-0.15, -0.1) is 0 Å². The van der Waals surface area contributed by atoms with E-state index in [1.165, 1.54) is 42.9 Å². The molecule has 1 aliphatic rings.